The highest BCUT2D eigenvalue weighted by atomic mass is 35.5. The Labute approximate surface area is 150 Å². The first-order valence-corrected chi connectivity index (χ1v) is 10.3. The maximum Gasteiger partial charge on any atom is 0.320 e. The normalized spacial score (nSPS) is 17.4. The van der Waals surface area contributed by atoms with E-state index in [9.17, 15) is 18.0 Å². The lowest BCUT2D eigenvalue weighted by Gasteiger charge is -2.25. The lowest BCUT2D eigenvalue weighted by Crippen LogP contribution is -2.43. The number of hydrogen-bond donors (Lipinski definition) is 0. The lowest BCUT2D eigenvalue weighted by atomic mass is 10.4. The van der Waals surface area contributed by atoms with Crippen molar-refractivity contribution in [2.75, 3.05) is 44.8 Å². The summed E-state index contributed by atoms with van der Waals surface area (Å²) in [5, 5.41) is 0. The van der Waals surface area contributed by atoms with Crippen molar-refractivity contribution in [1.29, 1.82) is 0 Å². The van der Waals surface area contributed by atoms with Crippen LogP contribution in [-0.2, 0) is 30.7 Å². The average Bonchev–Trinajstić information content (AvgIpc) is 2.92. The van der Waals surface area contributed by atoms with Crippen molar-refractivity contribution in [2.45, 2.75) is 6.54 Å². The Hall–Kier alpha value is -1.16. The summed E-state index contributed by atoms with van der Waals surface area (Å²) in [5.74, 6) is -0.749. The van der Waals surface area contributed by atoms with Gasteiger partial charge in [-0.1, -0.05) is 11.6 Å². The van der Waals surface area contributed by atoms with Gasteiger partial charge in [-0.3, -0.25) is 14.5 Å². The van der Waals surface area contributed by atoms with E-state index in [2.05, 4.69) is 0 Å². The largest absolute Gasteiger partial charge is 0.455 e. The van der Waals surface area contributed by atoms with Crippen LogP contribution in [0.1, 0.15) is 4.88 Å². The minimum absolute atomic E-state index is 0.00690. The fourth-order valence-electron chi connectivity index (χ4n) is 2.15. The number of halogens is 1. The number of amides is 1. The van der Waals surface area contributed by atoms with Gasteiger partial charge >= 0.3 is 5.97 Å². The van der Waals surface area contributed by atoms with E-state index in [4.69, 9.17) is 16.3 Å². The molecule has 1 fully saturated rings. The van der Waals surface area contributed by atoms with Gasteiger partial charge in [0.05, 0.1) is 28.9 Å². The Balaban J connectivity index is 1.70. The molecule has 2 rings (SSSR count). The van der Waals surface area contributed by atoms with Gasteiger partial charge in [-0.15, -0.1) is 11.3 Å². The summed E-state index contributed by atoms with van der Waals surface area (Å²) in [7, 11) is -1.36. The zero-order valence-corrected chi connectivity index (χ0v) is 15.6. The van der Waals surface area contributed by atoms with Gasteiger partial charge < -0.3 is 9.64 Å². The summed E-state index contributed by atoms with van der Waals surface area (Å²) in [6.45, 7) is 0.681. The van der Waals surface area contributed by atoms with Gasteiger partial charge in [0.1, 0.15) is 0 Å². The first-order chi connectivity index (χ1) is 11.2. The van der Waals surface area contributed by atoms with E-state index in [-0.39, 0.29) is 30.6 Å². The standard InChI is InChI=1S/C14H19ClN2O5S2/c1-16(8-11-2-3-12(15)23-11)13(18)10-22-14(19)9-17-4-6-24(20,21)7-5-17/h2-3H,4-10H2,1H3. The van der Waals surface area contributed by atoms with E-state index in [0.29, 0.717) is 24.0 Å². The maximum atomic E-state index is 12.0. The zero-order chi connectivity index (χ0) is 17.7. The highest BCUT2D eigenvalue weighted by Gasteiger charge is 2.23. The summed E-state index contributed by atoms with van der Waals surface area (Å²) in [4.78, 5) is 27.8. The van der Waals surface area contributed by atoms with Crippen molar-refractivity contribution in [2.24, 2.45) is 0 Å². The van der Waals surface area contributed by atoms with Crippen LogP contribution < -0.4 is 0 Å². The second kappa shape index (κ2) is 8.28. The summed E-state index contributed by atoms with van der Waals surface area (Å²) in [6, 6.07) is 3.60. The Morgan fingerprint density at radius 2 is 2.00 bits per heavy atom. The van der Waals surface area contributed by atoms with Crippen molar-refractivity contribution in [3.8, 4) is 0 Å². The van der Waals surface area contributed by atoms with Crippen LogP contribution in [0.2, 0.25) is 4.34 Å². The third-order valence-electron chi connectivity index (χ3n) is 3.59. The van der Waals surface area contributed by atoms with Crippen LogP contribution in [0.15, 0.2) is 12.1 Å². The van der Waals surface area contributed by atoms with E-state index >= 15 is 0 Å². The predicted octanol–water partition coefficient (Wildman–Crippen LogP) is 0.633. The molecule has 1 amide bonds. The molecule has 0 saturated carbocycles. The number of carbonyl (C=O) groups excluding carboxylic acids is 2. The number of esters is 1. The van der Waals surface area contributed by atoms with Crippen LogP contribution in [0.3, 0.4) is 0 Å². The smallest absolute Gasteiger partial charge is 0.320 e. The van der Waals surface area contributed by atoms with Crippen molar-refractivity contribution < 1.29 is 22.7 Å². The highest BCUT2D eigenvalue weighted by molar-refractivity contribution is 7.91. The van der Waals surface area contributed by atoms with Crippen LogP contribution in [0, 0.1) is 0 Å². The minimum Gasteiger partial charge on any atom is -0.455 e. The van der Waals surface area contributed by atoms with Gasteiger partial charge in [-0.05, 0) is 12.1 Å². The molecule has 1 aromatic rings. The predicted molar refractivity (Wildman–Crippen MR) is 91.9 cm³/mol. The van der Waals surface area contributed by atoms with Crippen molar-refractivity contribution in [3.63, 3.8) is 0 Å². The van der Waals surface area contributed by atoms with Crippen LogP contribution in [0.4, 0.5) is 0 Å². The first-order valence-electron chi connectivity index (χ1n) is 7.32. The fraction of sp³-hybridized carbons (Fsp3) is 0.571. The van der Waals surface area contributed by atoms with E-state index in [1.54, 1.807) is 18.0 Å². The molecule has 0 bridgehead atoms. The number of carbonyl (C=O) groups is 2. The molecule has 0 atom stereocenters. The molecule has 0 spiro atoms. The van der Waals surface area contributed by atoms with Gasteiger partial charge in [-0.25, -0.2) is 8.42 Å². The monoisotopic (exact) mass is 394 g/mol. The van der Waals surface area contributed by atoms with Crippen molar-refractivity contribution in [1.82, 2.24) is 9.80 Å². The van der Waals surface area contributed by atoms with Crippen molar-refractivity contribution in [3.05, 3.63) is 21.3 Å². The molecular formula is C14H19ClN2O5S2. The van der Waals surface area contributed by atoms with E-state index in [1.807, 2.05) is 6.07 Å². The molecule has 0 aliphatic carbocycles. The Bertz CT molecular complexity index is 690. The summed E-state index contributed by atoms with van der Waals surface area (Å²) >= 11 is 7.23. The molecule has 0 radical (unpaired) electrons. The number of rotatable bonds is 6. The second-order valence-electron chi connectivity index (χ2n) is 5.54. The Kier molecular flexibility index (Phi) is 6.62. The second-order valence-corrected chi connectivity index (χ2v) is 9.65. The van der Waals surface area contributed by atoms with E-state index in [0.717, 1.165) is 4.88 Å². The van der Waals surface area contributed by atoms with Gasteiger partial charge in [0, 0.05) is 25.0 Å². The Morgan fingerprint density at radius 3 is 2.58 bits per heavy atom. The molecule has 134 valence electrons. The van der Waals surface area contributed by atoms with Gasteiger partial charge in [0.25, 0.3) is 5.91 Å². The molecule has 1 aliphatic rings. The molecule has 0 unspecified atom stereocenters. The summed E-state index contributed by atoms with van der Waals surface area (Å²) in [5.41, 5.74) is 0. The third kappa shape index (κ3) is 6.04. The number of hydrogen-bond acceptors (Lipinski definition) is 7. The zero-order valence-electron chi connectivity index (χ0n) is 13.2. The van der Waals surface area contributed by atoms with Gasteiger partial charge in [0.15, 0.2) is 16.4 Å². The number of ether oxygens (including phenoxy) is 1. The van der Waals surface area contributed by atoms with Gasteiger partial charge in [-0.2, -0.15) is 0 Å². The SMILES string of the molecule is CN(Cc1ccc(Cl)s1)C(=O)COC(=O)CN1CCS(=O)(=O)CC1. The van der Waals surface area contributed by atoms with Crippen LogP contribution in [-0.4, -0.2) is 74.9 Å². The molecule has 0 aromatic carbocycles. The molecule has 7 nitrogen and oxygen atoms in total. The molecule has 10 heteroatoms. The molecule has 24 heavy (non-hydrogen) atoms. The number of thiophene rings is 1. The molecular weight excluding hydrogens is 376 g/mol. The number of nitrogens with zero attached hydrogens (tertiary/aromatic N) is 2. The number of sulfone groups is 1. The Morgan fingerprint density at radius 1 is 1.33 bits per heavy atom. The molecule has 1 aromatic heterocycles. The van der Waals surface area contributed by atoms with Gasteiger partial charge in [0.2, 0.25) is 0 Å². The maximum absolute atomic E-state index is 12.0. The van der Waals surface area contributed by atoms with Crippen LogP contribution in [0.5, 0.6) is 0 Å². The summed E-state index contributed by atoms with van der Waals surface area (Å²) < 4.78 is 28.3. The lowest BCUT2D eigenvalue weighted by molar-refractivity contribution is -0.152. The fourth-order valence-corrected chi connectivity index (χ4v) is 4.57. The summed E-state index contributed by atoms with van der Waals surface area (Å²) in [6.07, 6.45) is 0. The van der Waals surface area contributed by atoms with Crippen molar-refractivity contribution >= 4 is 44.7 Å². The molecule has 0 N–H and O–H groups in total. The molecule has 1 aliphatic heterocycles. The molecule has 2 heterocycles. The molecule has 1 saturated heterocycles. The minimum atomic E-state index is -2.98. The van der Waals surface area contributed by atoms with E-state index < -0.39 is 15.8 Å². The topological polar surface area (TPSA) is 84.0 Å². The van der Waals surface area contributed by atoms with Crippen LogP contribution in [0.25, 0.3) is 0 Å². The highest BCUT2D eigenvalue weighted by Crippen LogP contribution is 2.22. The van der Waals surface area contributed by atoms with Crippen LogP contribution >= 0.6 is 22.9 Å². The third-order valence-corrected chi connectivity index (χ3v) is 6.42. The number of likely N-dealkylation sites (N-methyl/N-ethyl adjacent to an activating group) is 1. The first kappa shape index (κ1) is 19.2. The quantitative estimate of drug-likeness (QED) is 0.658. The van der Waals surface area contributed by atoms with E-state index in [1.165, 1.54) is 16.2 Å². The average molecular weight is 395 g/mol.